The summed E-state index contributed by atoms with van der Waals surface area (Å²) < 4.78 is 2.76. The number of imidazole rings is 2. The van der Waals surface area contributed by atoms with E-state index in [1.807, 2.05) is 0 Å². The molecule has 110 valence electrons. The van der Waals surface area contributed by atoms with E-state index in [1.165, 1.54) is 28.3 Å². The van der Waals surface area contributed by atoms with Gasteiger partial charge in [-0.15, -0.1) is 0 Å². The summed E-state index contributed by atoms with van der Waals surface area (Å²) in [5.41, 5.74) is 7.02. The van der Waals surface area contributed by atoms with Crippen molar-refractivity contribution >= 4 is 34.0 Å². The van der Waals surface area contributed by atoms with Gasteiger partial charge in [0, 0.05) is 7.05 Å². The van der Waals surface area contributed by atoms with Gasteiger partial charge < -0.3 is 11.1 Å². The number of nitrogens with one attached hydrogen (secondary N) is 2. The lowest BCUT2D eigenvalue weighted by molar-refractivity contribution is 0.661. The lowest BCUT2D eigenvalue weighted by Gasteiger charge is -2.04. The molecule has 4 aromatic heterocycles. The summed E-state index contributed by atoms with van der Waals surface area (Å²) in [6.45, 7) is 0. The summed E-state index contributed by atoms with van der Waals surface area (Å²) >= 11 is 0. The number of fused-ring (bicyclic) bond motifs is 2. The quantitative estimate of drug-likeness (QED) is 0.436. The molecule has 0 aliphatic rings. The van der Waals surface area contributed by atoms with Gasteiger partial charge in [-0.05, 0) is 0 Å². The minimum absolute atomic E-state index is 0.191. The number of nitrogens with two attached hydrogens (primary N) is 1. The highest BCUT2D eigenvalue weighted by molar-refractivity contribution is 5.84. The Morgan fingerprint density at radius 1 is 1.14 bits per heavy atom. The average molecular weight is 298 g/mol. The molecule has 0 saturated carbocycles. The zero-order chi connectivity index (χ0) is 15.3. The fraction of sp³-hybridized carbons (Fsp3) is 0.0909. The summed E-state index contributed by atoms with van der Waals surface area (Å²) in [6, 6.07) is 0. The number of aromatic nitrogens is 8. The molecule has 0 spiro atoms. The molecule has 0 amide bonds. The van der Waals surface area contributed by atoms with E-state index >= 15 is 0 Å². The maximum Gasteiger partial charge on any atom is 0.347 e. The highest BCUT2D eigenvalue weighted by Crippen LogP contribution is 2.18. The van der Waals surface area contributed by atoms with Crippen LogP contribution in [0.15, 0.2) is 23.8 Å². The van der Waals surface area contributed by atoms with Crippen LogP contribution in [0.1, 0.15) is 0 Å². The van der Waals surface area contributed by atoms with E-state index in [9.17, 15) is 4.79 Å². The molecule has 0 aliphatic heterocycles. The normalized spacial score (nSPS) is 11.3. The van der Waals surface area contributed by atoms with E-state index in [4.69, 9.17) is 5.73 Å². The van der Waals surface area contributed by atoms with Crippen LogP contribution >= 0.6 is 0 Å². The molecule has 0 saturated heterocycles. The second-order valence-corrected chi connectivity index (χ2v) is 4.43. The Morgan fingerprint density at radius 2 is 1.91 bits per heavy atom. The second kappa shape index (κ2) is 4.25. The number of aromatic amines is 1. The van der Waals surface area contributed by atoms with Crippen LogP contribution in [0.4, 0.5) is 11.6 Å². The van der Waals surface area contributed by atoms with Gasteiger partial charge >= 0.3 is 5.69 Å². The fourth-order valence-electron chi connectivity index (χ4n) is 2.28. The van der Waals surface area contributed by atoms with Crippen LogP contribution in [-0.4, -0.2) is 46.3 Å². The molecule has 4 rings (SSSR count). The van der Waals surface area contributed by atoms with Crippen LogP contribution in [0.3, 0.4) is 0 Å². The minimum Gasteiger partial charge on any atom is -0.382 e. The Morgan fingerprint density at radius 3 is 2.73 bits per heavy atom. The molecule has 4 aromatic rings. The first kappa shape index (κ1) is 12.3. The summed E-state index contributed by atoms with van der Waals surface area (Å²) in [5, 5.41) is 2.92. The number of H-pyrrole nitrogens is 1. The zero-order valence-electron chi connectivity index (χ0n) is 11.3. The largest absolute Gasteiger partial charge is 0.382 e. The topological polar surface area (TPSA) is 145 Å². The SMILES string of the molecule is CNc1ncnc2c1ncn2-n1c(=O)[nH]c2c(N)ncnc21. The number of anilines is 2. The summed E-state index contributed by atoms with van der Waals surface area (Å²) in [7, 11) is 1.73. The summed E-state index contributed by atoms with van der Waals surface area (Å²) in [6.07, 6.45) is 4.14. The molecule has 0 radical (unpaired) electrons. The van der Waals surface area contributed by atoms with E-state index in [2.05, 4.69) is 35.2 Å². The monoisotopic (exact) mass is 298 g/mol. The molecule has 0 fully saturated rings. The third-order valence-corrected chi connectivity index (χ3v) is 3.25. The van der Waals surface area contributed by atoms with Crippen LogP contribution in [-0.2, 0) is 0 Å². The first-order chi connectivity index (χ1) is 10.7. The van der Waals surface area contributed by atoms with Crippen molar-refractivity contribution in [3.63, 3.8) is 0 Å². The Balaban J connectivity index is 2.11. The number of nitrogen functional groups attached to an aromatic ring is 1. The van der Waals surface area contributed by atoms with Gasteiger partial charge in [0.15, 0.2) is 28.4 Å². The zero-order valence-corrected chi connectivity index (χ0v) is 11.3. The maximum atomic E-state index is 12.3. The Hall–Kier alpha value is -3.50. The Kier molecular flexibility index (Phi) is 2.37. The van der Waals surface area contributed by atoms with Crippen molar-refractivity contribution in [2.24, 2.45) is 0 Å². The molecule has 22 heavy (non-hydrogen) atoms. The lowest BCUT2D eigenvalue weighted by Crippen LogP contribution is -2.23. The predicted molar refractivity (Wildman–Crippen MR) is 78.2 cm³/mol. The minimum atomic E-state index is -0.425. The van der Waals surface area contributed by atoms with Crippen LogP contribution in [0.2, 0.25) is 0 Å². The highest BCUT2D eigenvalue weighted by atomic mass is 16.2. The van der Waals surface area contributed by atoms with Crippen LogP contribution in [0.25, 0.3) is 22.3 Å². The van der Waals surface area contributed by atoms with Crippen molar-refractivity contribution in [1.29, 1.82) is 0 Å². The molecule has 11 heteroatoms. The first-order valence-corrected chi connectivity index (χ1v) is 6.28. The Bertz CT molecular complexity index is 1060. The second-order valence-electron chi connectivity index (χ2n) is 4.43. The Labute approximate surface area is 121 Å². The third-order valence-electron chi connectivity index (χ3n) is 3.25. The van der Waals surface area contributed by atoms with Gasteiger partial charge in [0.2, 0.25) is 0 Å². The van der Waals surface area contributed by atoms with Crippen molar-refractivity contribution in [3.05, 3.63) is 29.5 Å². The standard InChI is InChI=1S/C11H10N10O/c1-13-8-6-9(16-3-15-8)20(4-18-6)21-10-5(19-11(21)22)7(12)14-2-17-10/h2-4H,1H3,(H,19,22)(H2,12,14,17)(H,13,15,16). The highest BCUT2D eigenvalue weighted by Gasteiger charge is 2.16. The van der Waals surface area contributed by atoms with E-state index in [0.717, 1.165) is 0 Å². The number of hydrogen-bond donors (Lipinski definition) is 3. The van der Waals surface area contributed by atoms with Crippen LogP contribution < -0.4 is 16.7 Å². The van der Waals surface area contributed by atoms with Crippen LogP contribution in [0.5, 0.6) is 0 Å². The van der Waals surface area contributed by atoms with Gasteiger partial charge in [-0.25, -0.2) is 34.4 Å². The van der Waals surface area contributed by atoms with E-state index in [0.29, 0.717) is 28.1 Å². The lowest BCUT2D eigenvalue weighted by atomic mass is 10.5. The number of hydrogen-bond acceptors (Lipinski definition) is 8. The molecule has 4 heterocycles. The molecule has 0 aliphatic carbocycles. The van der Waals surface area contributed by atoms with E-state index < -0.39 is 5.69 Å². The van der Waals surface area contributed by atoms with Gasteiger partial charge in [-0.1, -0.05) is 0 Å². The molecular weight excluding hydrogens is 288 g/mol. The van der Waals surface area contributed by atoms with Gasteiger partial charge in [0.1, 0.15) is 24.5 Å². The number of nitrogens with zero attached hydrogens (tertiary/aromatic N) is 7. The smallest absolute Gasteiger partial charge is 0.347 e. The van der Waals surface area contributed by atoms with Crippen molar-refractivity contribution in [3.8, 4) is 0 Å². The number of rotatable bonds is 2. The van der Waals surface area contributed by atoms with E-state index in [1.54, 1.807) is 7.05 Å². The van der Waals surface area contributed by atoms with Crippen molar-refractivity contribution in [2.45, 2.75) is 0 Å². The van der Waals surface area contributed by atoms with Gasteiger partial charge in [-0.2, -0.15) is 4.68 Å². The molecular formula is C11H10N10O. The maximum absolute atomic E-state index is 12.3. The molecule has 0 aromatic carbocycles. The molecule has 11 nitrogen and oxygen atoms in total. The van der Waals surface area contributed by atoms with Crippen molar-refractivity contribution < 1.29 is 0 Å². The van der Waals surface area contributed by atoms with Crippen molar-refractivity contribution in [1.82, 2.24) is 39.3 Å². The van der Waals surface area contributed by atoms with Gasteiger partial charge in [0.05, 0.1) is 0 Å². The van der Waals surface area contributed by atoms with Gasteiger partial charge in [0.25, 0.3) is 0 Å². The van der Waals surface area contributed by atoms with Gasteiger partial charge in [-0.3, -0.25) is 4.98 Å². The summed E-state index contributed by atoms with van der Waals surface area (Å²) in [4.78, 5) is 35.3. The van der Waals surface area contributed by atoms with Crippen molar-refractivity contribution in [2.75, 3.05) is 18.1 Å². The molecule has 0 bridgehead atoms. The third kappa shape index (κ3) is 1.49. The fourth-order valence-corrected chi connectivity index (χ4v) is 2.28. The average Bonchev–Trinajstić information content (AvgIpc) is 3.08. The first-order valence-electron chi connectivity index (χ1n) is 6.28. The molecule has 0 unspecified atom stereocenters. The predicted octanol–water partition coefficient (Wildman–Crippen LogP) is -0.805. The van der Waals surface area contributed by atoms with E-state index in [-0.39, 0.29) is 5.82 Å². The van der Waals surface area contributed by atoms with Crippen LogP contribution in [0, 0.1) is 0 Å². The molecule has 4 N–H and O–H groups in total. The molecule has 0 atom stereocenters. The summed E-state index contributed by atoms with van der Waals surface area (Å²) in [5.74, 6) is 0.751.